The van der Waals surface area contributed by atoms with Crippen molar-refractivity contribution in [2.24, 2.45) is 0 Å². The second-order valence-corrected chi connectivity index (χ2v) is 9.18. The molecule has 4 N–H and O–H groups in total. The molecule has 3 heterocycles. The molecular formula is C21H29N6O3P. The van der Waals surface area contributed by atoms with Gasteiger partial charge in [-0.15, -0.1) is 9.24 Å². The highest BCUT2D eigenvalue weighted by Crippen LogP contribution is 2.47. The van der Waals surface area contributed by atoms with Crippen molar-refractivity contribution in [1.29, 1.82) is 0 Å². The van der Waals surface area contributed by atoms with Crippen molar-refractivity contribution < 1.29 is 14.6 Å². The smallest absolute Gasteiger partial charge is 0.224 e. The maximum atomic E-state index is 10.0. The van der Waals surface area contributed by atoms with Gasteiger partial charge in [0.2, 0.25) is 5.95 Å². The molecule has 3 aromatic rings. The molecule has 0 amide bonds. The third-order valence-corrected chi connectivity index (χ3v) is 6.43. The van der Waals surface area contributed by atoms with Crippen LogP contribution >= 0.6 is 9.24 Å². The number of ether oxygens (including phenoxy) is 2. The molecule has 1 unspecified atom stereocenters. The molecular weight excluding hydrogens is 415 g/mol. The first-order valence-electron chi connectivity index (χ1n) is 10.3. The Hall–Kier alpha value is -2.32. The maximum Gasteiger partial charge on any atom is 0.224 e. The molecule has 0 radical (unpaired) electrons. The monoisotopic (exact) mass is 444 g/mol. The lowest BCUT2D eigenvalue weighted by atomic mass is 10.00. The molecule has 31 heavy (non-hydrogen) atoms. The summed E-state index contributed by atoms with van der Waals surface area (Å²) >= 11 is 0. The Morgan fingerprint density at radius 1 is 1.32 bits per heavy atom. The van der Waals surface area contributed by atoms with E-state index in [9.17, 15) is 5.11 Å². The van der Waals surface area contributed by atoms with Gasteiger partial charge < -0.3 is 25.6 Å². The maximum absolute atomic E-state index is 10.0. The van der Waals surface area contributed by atoms with Crippen LogP contribution in [0.25, 0.3) is 11.2 Å². The molecule has 0 saturated carbocycles. The van der Waals surface area contributed by atoms with E-state index in [4.69, 9.17) is 15.2 Å². The topological polar surface area (TPSA) is 120 Å². The number of aryl methyl sites for hydroxylation is 1. The molecule has 0 bridgehead atoms. The van der Waals surface area contributed by atoms with Crippen molar-refractivity contribution in [1.82, 2.24) is 19.5 Å². The number of aromatic nitrogens is 4. The minimum atomic E-state index is -0.554. The lowest BCUT2D eigenvalue weighted by Gasteiger charge is -2.31. The van der Waals surface area contributed by atoms with E-state index in [1.54, 1.807) is 13.4 Å². The molecule has 1 aliphatic rings. The number of fused-ring (bicyclic) bond motifs is 1. The van der Waals surface area contributed by atoms with Gasteiger partial charge in [0.15, 0.2) is 17.0 Å². The minimum absolute atomic E-state index is 0.143. The van der Waals surface area contributed by atoms with E-state index in [1.807, 2.05) is 23.6 Å². The second-order valence-electron chi connectivity index (χ2n) is 7.93. The number of nitrogens with two attached hydrogens (primary N) is 1. The van der Waals surface area contributed by atoms with Gasteiger partial charge in [-0.2, -0.15) is 9.97 Å². The Bertz CT molecular complexity index is 1070. The van der Waals surface area contributed by atoms with Crippen LogP contribution < -0.4 is 11.1 Å². The van der Waals surface area contributed by atoms with Gasteiger partial charge in [0.25, 0.3) is 0 Å². The largest absolute Gasteiger partial charge is 0.394 e. The average Bonchev–Trinajstić information content (AvgIpc) is 3.28. The highest BCUT2D eigenvalue weighted by molar-refractivity contribution is 7.19. The van der Waals surface area contributed by atoms with Crippen molar-refractivity contribution in [3.8, 4) is 0 Å². The summed E-state index contributed by atoms with van der Waals surface area (Å²) in [4.78, 5) is 13.0. The fraction of sp³-hybridized carbons (Fsp3) is 0.476. The second kappa shape index (κ2) is 8.67. The van der Waals surface area contributed by atoms with E-state index in [-0.39, 0.29) is 18.7 Å². The molecule has 1 aliphatic heterocycles. The zero-order valence-electron chi connectivity index (χ0n) is 17.9. The average molecular weight is 444 g/mol. The van der Waals surface area contributed by atoms with Crippen LogP contribution in [0.4, 0.5) is 11.8 Å². The quantitative estimate of drug-likeness (QED) is 0.474. The van der Waals surface area contributed by atoms with Gasteiger partial charge in [-0.1, -0.05) is 31.2 Å². The fourth-order valence-corrected chi connectivity index (χ4v) is 4.77. The lowest BCUT2D eigenvalue weighted by Crippen LogP contribution is -2.41. The van der Waals surface area contributed by atoms with Crippen molar-refractivity contribution in [3.05, 3.63) is 41.7 Å². The number of hydrogen-bond donors (Lipinski definition) is 3. The summed E-state index contributed by atoms with van der Waals surface area (Å²) in [6.45, 7) is 4.44. The summed E-state index contributed by atoms with van der Waals surface area (Å²) in [6, 6.07) is 8.22. The summed E-state index contributed by atoms with van der Waals surface area (Å²) in [5.74, 6) is 0.692. The Kier molecular flexibility index (Phi) is 6.12. The summed E-state index contributed by atoms with van der Waals surface area (Å²) in [6.07, 6.45) is 1.25. The van der Waals surface area contributed by atoms with Crippen LogP contribution in [-0.2, 0) is 22.5 Å². The summed E-state index contributed by atoms with van der Waals surface area (Å²) in [5, 5.41) is 12.5. The molecule has 0 aliphatic carbocycles. The number of imidazole rings is 1. The van der Waals surface area contributed by atoms with Gasteiger partial charge in [-0.3, -0.25) is 4.57 Å². The van der Waals surface area contributed by atoms with Crippen LogP contribution in [0.15, 0.2) is 30.6 Å². The first-order valence-corrected chi connectivity index (χ1v) is 10.9. The minimum Gasteiger partial charge on any atom is -0.394 e. The standard InChI is InChI=1S/C21H29N6O3P/c1-4-12-7-5-6-8-13(12)10-29-16-14(9-28)30-19(21(16,2)31)27-11-24-15-17(23-3)25-20(22)26-18(15)27/h5-8,11,14,16,19,28H,4,9-10,31H2,1-3H3,(H3,22,23,25,26)/t14-,16-,19-,21-/m1/s1. The van der Waals surface area contributed by atoms with E-state index >= 15 is 0 Å². The Labute approximate surface area is 183 Å². The SMILES string of the molecule is CCc1ccccc1CO[C@@H]1[C@@H](CO)O[C@@H](n2cnc3c(NC)nc(N)nc32)[C@]1(C)P. The third kappa shape index (κ3) is 3.87. The van der Waals surface area contributed by atoms with E-state index in [0.29, 0.717) is 23.6 Å². The van der Waals surface area contributed by atoms with Crippen LogP contribution in [0.2, 0.25) is 0 Å². The highest BCUT2D eigenvalue weighted by Gasteiger charge is 2.53. The van der Waals surface area contributed by atoms with Crippen molar-refractivity contribution >= 4 is 32.2 Å². The molecule has 5 atom stereocenters. The zero-order valence-corrected chi connectivity index (χ0v) is 19.1. The number of hydrogen-bond acceptors (Lipinski definition) is 8. The van der Waals surface area contributed by atoms with E-state index in [1.165, 1.54) is 5.56 Å². The third-order valence-electron chi connectivity index (χ3n) is 5.81. The first-order chi connectivity index (χ1) is 14.9. The van der Waals surface area contributed by atoms with Gasteiger partial charge in [0.1, 0.15) is 12.3 Å². The number of anilines is 2. The fourth-order valence-electron chi connectivity index (χ4n) is 4.22. The van der Waals surface area contributed by atoms with Crippen LogP contribution in [-0.4, -0.2) is 55.6 Å². The molecule has 2 aromatic heterocycles. The number of aliphatic hydroxyl groups is 1. The summed E-state index contributed by atoms with van der Waals surface area (Å²) in [5.41, 5.74) is 9.44. The van der Waals surface area contributed by atoms with Crippen LogP contribution in [0, 0.1) is 0 Å². The number of nitrogens with one attached hydrogen (secondary N) is 1. The Balaban J connectivity index is 1.65. The zero-order chi connectivity index (χ0) is 22.2. The number of benzene rings is 1. The Morgan fingerprint density at radius 3 is 2.74 bits per heavy atom. The van der Waals surface area contributed by atoms with E-state index in [2.05, 4.69) is 48.6 Å². The molecule has 10 heteroatoms. The predicted octanol–water partition coefficient (Wildman–Crippen LogP) is 2.12. The van der Waals surface area contributed by atoms with Crippen LogP contribution in [0.5, 0.6) is 0 Å². The van der Waals surface area contributed by atoms with Crippen LogP contribution in [0.1, 0.15) is 31.2 Å². The van der Waals surface area contributed by atoms with Gasteiger partial charge >= 0.3 is 0 Å². The molecule has 0 spiro atoms. The summed E-state index contributed by atoms with van der Waals surface area (Å²) < 4.78 is 14.4. The number of nitrogen functional groups attached to an aromatic ring is 1. The number of aliphatic hydroxyl groups excluding tert-OH is 1. The van der Waals surface area contributed by atoms with E-state index in [0.717, 1.165) is 12.0 Å². The highest BCUT2D eigenvalue weighted by atomic mass is 31.0. The first kappa shape index (κ1) is 21.9. The molecule has 4 rings (SSSR count). The molecule has 1 saturated heterocycles. The lowest BCUT2D eigenvalue weighted by molar-refractivity contribution is -0.0642. The van der Waals surface area contributed by atoms with Crippen LogP contribution in [0.3, 0.4) is 0 Å². The molecule has 166 valence electrons. The van der Waals surface area contributed by atoms with E-state index < -0.39 is 17.5 Å². The summed E-state index contributed by atoms with van der Waals surface area (Å²) in [7, 11) is 4.61. The molecule has 1 aromatic carbocycles. The number of rotatable bonds is 7. The van der Waals surface area contributed by atoms with Crippen molar-refractivity contribution in [2.45, 2.75) is 50.5 Å². The van der Waals surface area contributed by atoms with Crippen molar-refractivity contribution in [2.75, 3.05) is 24.7 Å². The van der Waals surface area contributed by atoms with Gasteiger partial charge in [0, 0.05) is 7.05 Å². The predicted molar refractivity (Wildman–Crippen MR) is 123 cm³/mol. The molecule has 9 nitrogen and oxygen atoms in total. The van der Waals surface area contributed by atoms with Gasteiger partial charge in [-0.05, 0) is 24.5 Å². The van der Waals surface area contributed by atoms with Gasteiger partial charge in [-0.25, -0.2) is 4.98 Å². The normalized spacial score (nSPS) is 25.9. The Morgan fingerprint density at radius 2 is 2.06 bits per heavy atom. The van der Waals surface area contributed by atoms with Gasteiger partial charge in [0.05, 0.1) is 30.8 Å². The van der Waals surface area contributed by atoms with Crippen molar-refractivity contribution in [3.63, 3.8) is 0 Å². The molecule has 1 fully saturated rings. The number of nitrogens with zero attached hydrogens (tertiary/aromatic N) is 4.